The molecule has 2 aromatic rings. The van der Waals surface area contributed by atoms with Crippen LogP contribution in [0.1, 0.15) is 42.9 Å². The van der Waals surface area contributed by atoms with Gasteiger partial charge in [-0.3, -0.25) is 0 Å². The van der Waals surface area contributed by atoms with Gasteiger partial charge in [0.05, 0.1) is 0 Å². The van der Waals surface area contributed by atoms with Gasteiger partial charge >= 0.3 is 0 Å². The van der Waals surface area contributed by atoms with Crippen LogP contribution in [-0.2, 0) is 12.8 Å². The zero-order valence-corrected chi connectivity index (χ0v) is 14.1. The van der Waals surface area contributed by atoms with Gasteiger partial charge in [-0.15, -0.1) is 0 Å². The highest BCUT2D eigenvalue weighted by Crippen LogP contribution is 2.22. The molecule has 0 aliphatic rings. The van der Waals surface area contributed by atoms with Crippen LogP contribution in [0.5, 0.6) is 0 Å². The number of aryl methyl sites for hydroxylation is 2. The third kappa shape index (κ3) is 5.53. The van der Waals surface area contributed by atoms with Crippen molar-refractivity contribution in [2.45, 2.75) is 46.0 Å². The number of benzene rings is 2. The maximum atomic E-state index is 3.60. The average molecular weight is 298 g/mol. The SMILES string of the molecule is CCCCNc1cccc(C)c1CCCc1ccccc1.N. The summed E-state index contributed by atoms with van der Waals surface area (Å²) in [7, 11) is 0. The van der Waals surface area contributed by atoms with E-state index in [2.05, 4.69) is 67.7 Å². The first-order valence-electron chi connectivity index (χ1n) is 8.17. The topological polar surface area (TPSA) is 47.0 Å². The molecule has 2 aromatic carbocycles. The highest BCUT2D eigenvalue weighted by atomic mass is 14.9. The van der Waals surface area contributed by atoms with Gasteiger partial charge in [-0.1, -0.05) is 55.8 Å². The third-order valence-electron chi connectivity index (χ3n) is 3.99. The van der Waals surface area contributed by atoms with Crippen LogP contribution >= 0.6 is 0 Å². The van der Waals surface area contributed by atoms with Crippen LogP contribution in [0, 0.1) is 6.92 Å². The molecule has 2 rings (SSSR count). The summed E-state index contributed by atoms with van der Waals surface area (Å²) in [5, 5.41) is 3.60. The van der Waals surface area contributed by atoms with Gasteiger partial charge < -0.3 is 11.5 Å². The predicted molar refractivity (Wildman–Crippen MR) is 98.1 cm³/mol. The minimum Gasteiger partial charge on any atom is -0.385 e. The molecule has 0 amide bonds. The highest BCUT2D eigenvalue weighted by molar-refractivity contribution is 5.54. The van der Waals surface area contributed by atoms with Crippen LogP contribution in [0.2, 0.25) is 0 Å². The molecule has 0 spiro atoms. The Bertz CT molecular complexity index is 535. The van der Waals surface area contributed by atoms with Crippen LogP contribution in [0.15, 0.2) is 48.5 Å². The fourth-order valence-corrected chi connectivity index (χ4v) is 2.71. The fraction of sp³-hybridized carbons (Fsp3) is 0.400. The van der Waals surface area contributed by atoms with Crippen LogP contribution < -0.4 is 11.5 Å². The van der Waals surface area contributed by atoms with Crippen LogP contribution in [-0.4, -0.2) is 6.54 Å². The Kier molecular flexibility index (Phi) is 8.31. The summed E-state index contributed by atoms with van der Waals surface area (Å²) in [6, 6.07) is 17.4. The van der Waals surface area contributed by atoms with Gasteiger partial charge in [0.25, 0.3) is 0 Å². The maximum absolute atomic E-state index is 3.60. The summed E-state index contributed by atoms with van der Waals surface area (Å²) in [6.07, 6.45) is 5.98. The Morgan fingerprint density at radius 3 is 2.36 bits per heavy atom. The van der Waals surface area contributed by atoms with Crippen molar-refractivity contribution in [2.24, 2.45) is 0 Å². The van der Waals surface area contributed by atoms with Crippen molar-refractivity contribution in [2.75, 3.05) is 11.9 Å². The highest BCUT2D eigenvalue weighted by Gasteiger charge is 2.05. The first-order valence-corrected chi connectivity index (χ1v) is 8.17. The normalized spacial score (nSPS) is 10.1. The van der Waals surface area contributed by atoms with E-state index in [4.69, 9.17) is 0 Å². The van der Waals surface area contributed by atoms with Crippen molar-refractivity contribution >= 4 is 5.69 Å². The molecule has 0 aromatic heterocycles. The summed E-state index contributed by atoms with van der Waals surface area (Å²) in [5.41, 5.74) is 5.66. The molecule has 0 unspecified atom stereocenters. The van der Waals surface area contributed by atoms with Crippen molar-refractivity contribution < 1.29 is 0 Å². The number of nitrogens with one attached hydrogen (secondary N) is 1. The van der Waals surface area contributed by atoms with Crippen LogP contribution in [0.25, 0.3) is 0 Å². The van der Waals surface area contributed by atoms with E-state index in [1.54, 1.807) is 0 Å². The monoisotopic (exact) mass is 298 g/mol. The van der Waals surface area contributed by atoms with Crippen molar-refractivity contribution in [3.63, 3.8) is 0 Å². The Morgan fingerprint density at radius 1 is 0.864 bits per heavy atom. The average Bonchev–Trinajstić information content (AvgIpc) is 2.51. The van der Waals surface area contributed by atoms with Gasteiger partial charge in [-0.05, 0) is 55.4 Å². The standard InChI is InChI=1S/C20H27N.H3N/c1-3-4-16-21-20-15-8-10-17(2)19(20)14-9-13-18-11-6-5-7-12-18;/h5-8,10-12,15,21H,3-4,9,13-14,16H2,1-2H3;1H3. The van der Waals surface area contributed by atoms with Crippen molar-refractivity contribution in [3.05, 3.63) is 65.2 Å². The Morgan fingerprint density at radius 2 is 1.64 bits per heavy atom. The van der Waals surface area contributed by atoms with E-state index in [0.29, 0.717) is 0 Å². The first kappa shape index (κ1) is 18.2. The van der Waals surface area contributed by atoms with E-state index in [9.17, 15) is 0 Å². The summed E-state index contributed by atoms with van der Waals surface area (Å²) in [6.45, 7) is 5.53. The lowest BCUT2D eigenvalue weighted by Gasteiger charge is -2.14. The van der Waals surface area contributed by atoms with Gasteiger partial charge in [0.2, 0.25) is 0 Å². The quantitative estimate of drug-likeness (QED) is 0.628. The minimum absolute atomic E-state index is 0. The molecule has 4 N–H and O–H groups in total. The number of hydrogen-bond donors (Lipinski definition) is 2. The molecule has 22 heavy (non-hydrogen) atoms. The second kappa shape index (κ2) is 10.0. The molecule has 2 heteroatoms. The summed E-state index contributed by atoms with van der Waals surface area (Å²) < 4.78 is 0. The van der Waals surface area contributed by atoms with Gasteiger partial charge in [0.15, 0.2) is 0 Å². The lowest BCUT2D eigenvalue weighted by atomic mass is 9.98. The van der Waals surface area contributed by atoms with Gasteiger partial charge in [0, 0.05) is 12.2 Å². The van der Waals surface area contributed by atoms with E-state index in [-0.39, 0.29) is 6.15 Å². The lowest BCUT2D eigenvalue weighted by molar-refractivity contribution is 0.808. The van der Waals surface area contributed by atoms with Crippen LogP contribution in [0.3, 0.4) is 0 Å². The number of hydrogen-bond acceptors (Lipinski definition) is 2. The molecule has 0 saturated carbocycles. The molecule has 2 nitrogen and oxygen atoms in total. The summed E-state index contributed by atoms with van der Waals surface area (Å²) in [4.78, 5) is 0. The molecule has 0 saturated heterocycles. The second-order valence-electron chi connectivity index (χ2n) is 5.72. The molecule has 0 atom stereocenters. The van der Waals surface area contributed by atoms with Crippen molar-refractivity contribution in [1.82, 2.24) is 6.15 Å². The van der Waals surface area contributed by atoms with Gasteiger partial charge in [-0.2, -0.15) is 0 Å². The molecule has 0 aliphatic heterocycles. The molecule has 0 fully saturated rings. The minimum atomic E-state index is 0. The van der Waals surface area contributed by atoms with Gasteiger partial charge in [-0.25, -0.2) is 0 Å². The van der Waals surface area contributed by atoms with Crippen LogP contribution in [0.4, 0.5) is 5.69 Å². The lowest BCUT2D eigenvalue weighted by Crippen LogP contribution is -2.05. The third-order valence-corrected chi connectivity index (χ3v) is 3.99. The van der Waals surface area contributed by atoms with E-state index in [1.165, 1.54) is 41.6 Å². The van der Waals surface area contributed by atoms with Gasteiger partial charge in [0.1, 0.15) is 0 Å². The largest absolute Gasteiger partial charge is 0.385 e. The Labute approximate surface area is 135 Å². The summed E-state index contributed by atoms with van der Waals surface area (Å²) in [5.74, 6) is 0. The van der Waals surface area contributed by atoms with E-state index >= 15 is 0 Å². The number of unbranched alkanes of at least 4 members (excludes halogenated alkanes) is 1. The number of anilines is 1. The second-order valence-corrected chi connectivity index (χ2v) is 5.72. The molecule has 0 aliphatic carbocycles. The molecule has 0 radical (unpaired) electrons. The molecular weight excluding hydrogens is 268 g/mol. The van der Waals surface area contributed by atoms with E-state index in [0.717, 1.165) is 19.4 Å². The zero-order chi connectivity index (χ0) is 14.9. The predicted octanol–water partition coefficient (Wildman–Crippen LogP) is 5.54. The fourth-order valence-electron chi connectivity index (χ4n) is 2.71. The molecular formula is C20H30N2. The smallest absolute Gasteiger partial charge is 0.0375 e. The maximum Gasteiger partial charge on any atom is 0.0375 e. The van der Waals surface area contributed by atoms with E-state index in [1.807, 2.05) is 0 Å². The Hall–Kier alpha value is -1.80. The molecule has 0 bridgehead atoms. The van der Waals surface area contributed by atoms with E-state index < -0.39 is 0 Å². The zero-order valence-electron chi connectivity index (χ0n) is 14.1. The summed E-state index contributed by atoms with van der Waals surface area (Å²) >= 11 is 0. The number of rotatable bonds is 8. The Balaban J connectivity index is 0.00000242. The molecule has 120 valence electrons. The molecule has 0 heterocycles. The first-order chi connectivity index (χ1) is 10.3. The van der Waals surface area contributed by atoms with Crippen molar-refractivity contribution in [3.8, 4) is 0 Å². The van der Waals surface area contributed by atoms with Crippen molar-refractivity contribution in [1.29, 1.82) is 0 Å².